The van der Waals surface area contributed by atoms with E-state index in [4.69, 9.17) is 0 Å². The molecular weight excluding hydrogens is 374 g/mol. The van der Waals surface area contributed by atoms with E-state index in [1.165, 1.54) is 66.6 Å². The fourth-order valence-corrected chi connectivity index (χ4v) is 5.48. The number of hydrogen-bond acceptors (Lipinski definition) is 1. The van der Waals surface area contributed by atoms with Gasteiger partial charge < -0.3 is 0 Å². The summed E-state index contributed by atoms with van der Waals surface area (Å²) in [6.45, 7) is 3.32. The van der Waals surface area contributed by atoms with Crippen LogP contribution in [-0.4, -0.2) is 24.5 Å². The summed E-state index contributed by atoms with van der Waals surface area (Å²) in [5, 5.41) is 0. The Kier molecular flexibility index (Phi) is 5.92. The van der Waals surface area contributed by atoms with Crippen molar-refractivity contribution in [2.45, 2.75) is 43.9 Å². The van der Waals surface area contributed by atoms with Crippen molar-refractivity contribution in [3.63, 3.8) is 0 Å². The number of rotatable bonds is 4. The second-order valence-corrected chi connectivity index (χ2v) is 9.06. The van der Waals surface area contributed by atoms with E-state index >= 15 is 0 Å². The van der Waals surface area contributed by atoms with Crippen LogP contribution in [0.3, 0.4) is 0 Å². The zero-order chi connectivity index (χ0) is 20.9. The maximum Gasteiger partial charge on any atom is 0.0601 e. The number of likely N-dealkylation sites (tertiary alicyclic amines) is 1. The molecule has 0 aromatic heterocycles. The smallest absolute Gasteiger partial charge is 0.0601 e. The predicted molar refractivity (Wildman–Crippen MR) is 130 cm³/mol. The highest BCUT2D eigenvalue weighted by Gasteiger charge is 2.42. The van der Waals surface area contributed by atoms with Gasteiger partial charge in [-0.1, -0.05) is 97.6 Å². The zero-order valence-electron chi connectivity index (χ0n) is 18.3. The third kappa shape index (κ3) is 4.06. The number of nitrogens with zero attached hydrogens (tertiary/aromatic N) is 1. The summed E-state index contributed by atoms with van der Waals surface area (Å²) in [5.41, 5.74) is 6.92. The van der Waals surface area contributed by atoms with Crippen molar-refractivity contribution >= 4 is 0 Å². The highest BCUT2D eigenvalue weighted by atomic mass is 15.1. The van der Waals surface area contributed by atoms with Crippen LogP contribution in [0.1, 0.15) is 48.8 Å². The first-order chi connectivity index (χ1) is 15.4. The Morgan fingerprint density at radius 1 is 0.645 bits per heavy atom. The topological polar surface area (TPSA) is 3.24 Å². The molecule has 156 valence electrons. The van der Waals surface area contributed by atoms with E-state index in [0.717, 1.165) is 19.4 Å². The minimum Gasteiger partial charge on any atom is -0.292 e. The van der Waals surface area contributed by atoms with Crippen molar-refractivity contribution < 1.29 is 0 Å². The molecule has 1 nitrogen and oxygen atoms in total. The van der Waals surface area contributed by atoms with Gasteiger partial charge in [0.2, 0.25) is 0 Å². The molecule has 0 spiro atoms. The summed E-state index contributed by atoms with van der Waals surface area (Å²) in [4.78, 5) is 2.54. The summed E-state index contributed by atoms with van der Waals surface area (Å²) in [6, 6.07) is 28.9. The maximum absolute atomic E-state index is 3.65. The van der Waals surface area contributed by atoms with Crippen molar-refractivity contribution in [1.82, 2.24) is 4.90 Å². The Labute approximate surface area is 187 Å². The van der Waals surface area contributed by atoms with E-state index in [9.17, 15) is 0 Å². The zero-order valence-corrected chi connectivity index (χ0v) is 18.3. The van der Waals surface area contributed by atoms with Gasteiger partial charge in [-0.15, -0.1) is 5.92 Å². The Morgan fingerprint density at radius 2 is 1.23 bits per heavy atom. The molecule has 0 N–H and O–H groups in total. The number of fused-ring (bicyclic) bond motifs is 3. The summed E-state index contributed by atoms with van der Waals surface area (Å²) < 4.78 is 0. The van der Waals surface area contributed by atoms with Crippen molar-refractivity contribution in [3.8, 4) is 23.0 Å². The molecule has 0 unspecified atom stereocenters. The molecule has 1 aliphatic heterocycles. The first-order valence-electron chi connectivity index (χ1n) is 11.8. The third-order valence-corrected chi connectivity index (χ3v) is 7.04. The van der Waals surface area contributed by atoms with Gasteiger partial charge in [-0.05, 0) is 60.2 Å². The molecule has 0 radical (unpaired) electrons. The lowest BCUT2D eigenvalue weighted by Crippen LogP contribution is -2.28. The van der Waals surface area contributed by atoms with E-state index in [0.29, 0.717) is 0 Å². The van der Waals surface area contributed by atoms with Gasteiger partial charge in [-0.3, -0.25) is 4.90 Å². The van der Waals surface area contributed by atoms with Gasteiger partial charge in [0.05, 0.1) is 6.54 Å². The van der Waals surface area contributed by atoms with Gasteiger partial charge >= 0.3 is 0 Å². The summed E-state index contributed by atoms with van der Waals surface area (Å²) in [7, 11) is 0. The molecule has 1 heterocycles. The van der Waals surface area contributed by atoms with Gasteiger partial charge in [0, 0.05) is 11.8 Å². The first kappa shape index (κ1) is 20.1. The molecule has 5 rings (SSSR count). The third-order valence-electron chi connectivity index (χ3n) is 7.04. The molecule has 3 aromatic rings. The van der Waals surface area contributed by atoms with Crippen LogP contribution in [0.25, 0.3) is 11.1 Å². The number of hydrogen-bond donors (Lipinski definition) is 0. The van der Waals surface area contributed by atoms with Gasteiger partial charge in [0.15, 0.2) is 0 Å². The van der Waals surface area contributed by atoms with Crippen LogP contribution in [0.2, 0.25) is 0 Å². The lowest BCUT2D eigenvalue weighted by Gasteiger charge is -2.30. The fourth-order valence-electron chi connectivity index (χ4n) is 5.48. The summed E-state index contributed by atoms with van der Waals surface area (Å²) in [6.07, 6.45) is 7.24. The van der Waals surface area contributed by atoms with Crippen molar-refractivity contribution in [2.75, 3.05) is 19.6 Å². The average molecular weight is 406 g/mol. The molecule has 1 saturated heterocycles. The SMILES string of the molecule is C(#CCC1(Cc2ccccc2)c2ccccc2-c2ccccc21)CN1CCCCCC1. The normalized spacial score (nSPS) is 17.2. The highest BCUT2D eigenvalue weighted by Crippen LogP contribution is 2.52. The molecule has 0 amide bonds. The maximum atomic E-state index is 3.65. The molecule has 1 aliphatic carbocycles. The molecule has 3 aromatic carbocycles. The molecule has 0 atom stereocenters. The summed E-state index contributed by atoms with van der Waals surface area (Å²) in [5.74, 6) is 7.20. The van der Waals surface area contributed by atoms with E-state index in [-0.39, 0.29) is 5.41 Å². The van der Waals surface area contributed by atoms with Gasteiger partial charge in [0.1, 0.15) is 0 Å². The van der Waals surface area contributed by atoms with Crippen LogP contribution in [0.15, 0.2) is 78.9 Å². The fraction of sp³-hybridized carbons (Fsp3) is 0.333. The van der Waals surface area contributed by atoms with Gasteiger partial charge in [0.25, 0.3) is 0 Å². The molecular formula is C30H31N. The lowest BCUT2D eigenvalue weighted by molar-refractivity contribution is 0.320. The van der Waals surface area contributed by atoms with Gasteiger partial charge in [-0.2, -0.15) is 0 Å². The quantitative estimate of drug-likeness (QED) is 0.450. The van der Waals surface area contributed by atoms with Crippen LogP contribution in [0.4, 0.5) is 0 Å². The largest absolute Gasteiger partial charge is 0.292 e. The van der Waals surface area contributed by atoms with Crippen LogP contribution in [-0.2, 0) is 11.8 Å². The van der Waals surface area contributed by atoms with Crippen LogP contribution in [0, 0.1) is 11.8 Å². The predicted octanol–water partition coefficient (Wildman–Crippen LogP) is 6.47. The standard InChI is InChI=1S/C30H31N/c1-2-12-22-31(21-11-1)23-13-10-20-30(24-25-14-4-3-5-15-25)28-18-8-6-16-26(28)27-17-7-9-19-29(27)30/h3-9,14-19H,1-2,11-12,20-24H2. The second kappa shape index (κ2) is 9.13. The van der Waals surface area contributed by atoms with Crippen molar-refractivity contribution in [3.05, 3.63) is 95.6 Å². The Hall–Kier alpha value is -2.82. The molecule has 0 bridgehead atoms. The van der Waals surface area contributed by atoms with Crippen molar-refractivity contribution in [2.24, 2.45) is 0 Å². The minimum atomic E-state index is -0.0830. The Balaban J connectivity index is 1.50. The second-order valence-electron chi connectivity index (χ2n) is 9.06. The lowest BCUT2D eigenvalue weighted by atomic mass is 9.71. The van der Waals surface area contributed by atoms with Crippen molar-refractivity contribution in [1.29, 1.82) is 0 Å². The Bertz CT molecular complexity index is 1030. The van der Waals surface area contributed by atoms with Gasteiger partial charge in [-0.25, -0.2) is 0 Å². The van der Waals surface area contributed by atoms with E-state index < -0.39 is 0 Å². The average Bonchev–Trinajstić information content (AvgIpc) is 2.96. The van der Waals surface area contributed by atoms with Crippen LogP contribution < -0.4 is 0 Å². The molecule has 0 saturated carbocycles. The molecule has 2 aliphatic rings. The van der Waals surface area contributed by atoms with E-state index in [1.807, 2.05) is 0 Å². The monoisotopic (exact) mass is 405 g/mol. The number of benzene rings is 3. The Morgan fingerprint density at radius 3 is 1.87 bits per heavy atom. The van der Waals surface area contributed by atoms with Crippen LogP contribution in [0.5, 0.6) is 0 Å². The molecule has 1 fully saturated rings. The summed E-state index contributed by atoms with van der Waals surface area (Å²) >= 11 is 0. The molecule has 31 heavy (non-hydrogen) atoms. The molecule has 1 heteroatoms. The van der Waals surface area contributed by atoms with E-state index in [1.54, 1.807) is 0 Å². The first-order valence-corrected chi connectivity index (χ1v) is 11.8. The van der Waals surface area contributed by atoms with Crippen LogP contribution >= 0.6 is 0 Å². The minimum absolute atomic E-state index is 0.0830. The highest BCUT2D eigenvalue weighted by molar-refractivity contribution is 5.81. The van der Waals surface area contributed by atoms with E-state index in [2.05, 4.69) is 95.6 Å².